The van der Waals surface area contributed by atoms with Gasteiger partial charge in [0.2, 0.25) is 5.91 Å². The van der Waals surface area contributed by atoms with Crippen molar-refractivity contribution >= 4 is 11.8 Å². The smallest absolute Gasteiger partial charge is 0.270 e. The fourth-order valence-electron chi connectivity index (χ4n) is 3.08. The van der Waals surface area contributed by atoms with Gasteiger partial charge in [0.05, 0.1) is 18.3 Å². The molecule has 2 aromatic heterocycles. The molecule has 0 unspecified atom stereocenters. The lowest BCUT2D eigenvalue weighted by Crippen LogP contribution is -2.55. The Bertz CT molecular complexity index is 761. The van der Waals surface area contributed by atoms with Crippen LogP contribution < -0.4 is 5.32 Å². The van der Waals surface area contributed by atoms with Crippen LogP contribution in [0.15, 0.2) is 36.8 Å². The second-order valence-corrected chi connectivity index (χ2v) is 6.51. The molecular weight excluding hydrogens is 334 g/mol. The number of pyridine rings is 1. The molecule has 1 fully saturated rings. The monoisotopic (exact) mass is 357 g/mol. The number of β-amino-alcohol motifs (C(OH)–C–C–N with tert-alkyl or cyclic N) is 1. The molecule has 2 N–H and O–H groups in total. The number of likely N-dealkylation sites (tertiary alicyclic amines) is 1. The molecule has 0 spiro atoms. The van der Waals surface area contributed by atoms with E-state index in [1.54, 1.807) is 40.2 Å². The van der Waals surface area contributed by atoms with Gasteiger partial charge in [-0.25, -0.2) is 0 Å². The van der Waals surface area contributed by atoms with E-state index in [9.17, 15) is 14.7 Å². The number of aryl methyl sites for hydroxylation is 2. The minimum atomic E-state index is -0.793. The molecule has 138 valence electrons. The molecule has 0 saturated carbocycles. The van der Waals surface area contributed by atoms with Crippen molar-refractivity contribution in [1.29, 1.82) is 0 Å². The third-order valence-corrected chi connectivity index (χ3v) is 4.53. The molecular formula is C18H23N5O3. The minimum Gasteiger partial charge on any atom is -0.389 e. The summed E-state index contributed by atoms with van der Waals surface area (Å²) in [6.07, 6.45) is 5.91. The van der Waals surface area contributed by atoms with Crippen LogP contribution in [0.1, 0.15) is 28.9 Å². The Kier molecular flexibility index (Phi) is 5.62. The summed E-state index contributed by atoms with van der Waals surface area (Å²) in [6, 6.07) is 4.72. The predicted octanol–water partition coefficient (Wildman–Crippen LogP) is 0.140. The summed E-state index contributed by atoms with van der Waals surface area (Å²) in [5, 5.41) is 17.2. The number of rotatable bonds is 5. The van der Waals surface area contributed by atoms with Gasteiger partial charge < -0.3 is 15.3 Å². The molecule has 3 heterocycles. The number of hydrogen-bond donors (Lipinski definition) is 2. The molecule has 1 saturated heterocycles. The highest BCUT2D eigenvalue weighted by Gasteiger charge is 2.31. The van der Waals surface area contributed by atoms with Crippen LogP contribution in [0.2, 0.25) is 0 Å². The topological polar surface area (TPSA) is 100 Å². The summed E-state index contributed by atoms with van der Waals surface area (Å²) in [5.74, 6) is -0.312. The highest BCUT2D eigenvalue weighted by molar-refractivity contribution is 5.92. The molecule has 0 aromatic carbocycles. The van der Waals surface area contributed by atoms with Crippen molar-refractivity contribution < 1.29 is 14.7 Å². The maximum atomic E-state index is 12.4. The average molecular weight is 357 g/mol. The molecule has 2 amide bonds. The zero-order valence-electron chi connectivity index (χ0n) is 14.7. The molecule has 2 aromatic rings. The Morgan fingerprint density at radius 1 is 1.38 bits per heavy atom. The van der Waals surface area contributed by atoms with E-state index in [2.05, 4.69) is 15.4 Å². The van der Waals surface area contributed by atoms with Gasteiger partial charge >= 0.3 is 0 Å². The van der Waals surface area contributed by atoms with E-state index < -0.39 is 6.10 Å². The number of carbonyl (C=O) groups is 2. The highest BCUT2D eigenvalue weighted by atomic mass is 16.3. The van der Waals surface area contributed by atoms with E-state index >= 15 is 0 Å². The molecule has 3 rings (SSSR count). The van der Waals surface area contributed by atoms with Crippen LogP contribution in [0.25, 0.3) is 0 Å². The van der Waals surface area contributed by atoms with Crippen molar-refractivity contribution in [2.24, 2.45) is 7.05 Å². The number of nitrogens with one attached hydrogen (secondary N) is 1. The predicted molar refractivity (Wildman–Crippen MR) is 94.2 cm³/mol. The van der Waals surface area contributed by atoms with Crippen molar-refractivity contribution in [3.63, 3.8) is 0 Å². The molecule has 1 aliphatic rings. The molecule has 8 nitrogen and oxygen atoms in total. The summed E-state index contributed by atoms with van der Waals surface area (Å²) < 4.78 is 1.71. The summed E-state index contributed by atoms with van der Waals surface area (Å²) in [5.41, 5.74) is 1.33. The van der Waals surface area contributed by atoms with Crippen molar-refractivity contribution in [3.8, 4) is 0 Å². The Hall–Kier alpha value is -2.74. The highest BCUT2D eigenvalue weighted by Crippen LogP contribution is 2.14. The number of amides is 2. The SMILES string of the molecule is Cn1cc(CCC(=O)N2CC[C@@H](NC(=O)c3ccccn3)[C@H](O)C2)cn1. The maximum absolute atomic E-state index is 12.4. The van der Waals surface area contributed by atoms with Gasteiger partial charge in [-0.2, -0.15) is 5.10 Å². The first-order valence-electron chi connectivity index (χ1n) is 8.68. The number of nitrogens with zero attached hydrogens (tertiary/aromatic N) is 4. The number of piperidine rings is 1. The van der Waals surface area contributed by atoms with Crippen LogP contribution in [0.3, 0.4) is 0 Å². The lowest BCUT2D eigenvalue weighted by molar-refractivity contribution is -0.134. The van der Waals surface area contributed by atoms with Crippen molar-refractivity contribution in [3.05, 3.63) is 48.0 Å². The first kappa shape index (κ1) is 18.1. The van der Waals surface area contributed by atoms with Gasteiger partial charge in [0.1, 0.15) is 5.69 Å². The van der Waals surface area contributed by atoms with Crippen LogP contribution in [0.4, 0.5) is 0 Å². The molecule has 8 heteroatoms. The fraction of sp³-hybridized carbons (Fsp3) is 0.444. The molecule has 1 aliphatic heterocycles. The molecule has 26 heavy (non-hydrogen) atoms. The van der Waals surface area contributed by atoms with Crippen molar-refractivity contribution in [2.45, 2.75) is 31.4 Å². The molecule has 0 bridgehead atoms. The summed E-state index contributed by atoms with van der Waals surface area (Å²) in [7, 11) is 1.84. The van der Waals surface area contributed by atoms with E-state index in [1.165, 1.54) is 0 Å². The molecule has 0 radical (unpaired) electrons. The van der Waals surface area contributed by atoms with Crippen LogP contribution in [0, 0.1) is 0 Å². The number of aliphatic hydroxyl groups excluding tert-OH is 1. The normalized spacial score (nSPS) is 20.0. The second kappa shape index (κ2) is 8.09. The van der Waals surface area contributed by atoms with E-state index in [1.807, 2.05) is 13.2 Å². The summed E-state index contributed by atoms with van der Waals surface area (Å²) >= 11 is 0. The quantitative estimate of drug-likeness (QED) is 0.793. The Morgan fingerprint density at radius 3 is 2.88 bits per heavy atom. The van der Waals surface area contributed by atoms with E-state index in [0.29, 0.717) is 31.5 Å². The Balaban J connectivity index is 1.48. The summed E-state index contributed by atoms with van der Waals surface area (Å²) in [6.45, 7) is 0.731. The zero-order chi connectivity index (χ0) is 18.5. The van der Waals surface area contributed by atoms with Crippen LogP contribution >= 0.6 is 0 Å². The number of aliphatic hydroxyl groups is 1. The van der Waals surface area contributed by atoms with Gasteiger partial charge in [0.15, 0.2) is 0 Å². The minimum absolute atomic E-state index is 0.00223. The third kappa shape index (κ3) is 4.45. The first-order valence-corrected chi connectivity index (χ1v) is 8.68. The standard InChI is InChI=1S/C18H23N5O3/c1-22-11-13(10-20-22)5-6-17(25)23-9-7-14(16(24)12-23)21-18(26)15-4-2-3-8-19-15/h2-4,8,10-11,14,16,24H,5-7,9,12H2,1H3,(H,21,26)/t14-,16-/m1/s1. The number of hydrogen-bond acceptors (Lipinski definition) is 5. The van der Waals surface area contributed by atoms with E-state index in [-0.39, 0.29) is 24.4 Å². The lowest BCUT2D eigenvalue weighted by Gasteiger charge is -2.36. The largest absolute Gasteiger partial charge is 0.389 e. The second-order valence-electron chi connectivity index (χ2n) is 6.51. The van der Waals surface area contributed by atoms with Crippen molar-refractivity contribution in [2.75, 3.05) is 13.1 Å². The fourth-order valence-corrected chi connectivity index (χ4v) is 3.08. The van der Waals surface area contributed by atoms with Gasteiger partial charge in [-0.3, -0.25) is 19.3 Å². The molecule has 0 aliphatic carbocycles. The van der Waals surface area contributed by atoms with Crippen LogP contribution in [-0.4, -0.2) is 61.8 Å². The van der Waals surface area contributed by atoms with Gasteiger partial charge in [-0.15, -0.1) is 0 Å². The van der Waals surface area contributed by atoms with Crippen LogP contribution in [-0.2, 0) is 18.3 Å². The first-order chi connectivity index (χ1) is 12.5. The van der Waals surface area contributed by atoms with E-state index in [4.69, 9.17) is 0 Å². The maximum Gasteiger partial charge on any atom is 0.270 e. The van der Waals surface area contributed by atoms with Gasteiger partial charge in [0.25, 0.3) is 5.91 Å². The summed E-state index contributed by atoms with van der Waals surface area (Å²) in [4.78, 5) is 30.2. The van der Waals surface area contributed by atoms with Gasteiger partial charge in [-0.05, 0) is 30.5 Å². The lowest BCUT2D eigenvalue weighted by atomic mass is 10.0. The Labute approximate surface area is 151 Å². The number of carbonyl (C=O) groups excluding carboxylic acids is 2. The third-order valence-electron chi connectivity index (χ3n) is 4.53. The van der Waals surface area contributed by atoms with Gasteiger partial charge in [0, 0.05) is 39.0 Å². The van der Waals surface area contributed by atoms with Crippen LogP contribution in [0.5, 0.6) is 0 Å². The zero-order valence-corrected chi connectivity index (χ0v) is 14.7. The van der Waals surface area contributed by atoms with Crippen molar-refractivity contribution in [1.82, 2.24) is 25.0 Å². The molecule has 2 atom stereocenters. The Morgan fingerprint density at radius 2 is 2.23 bits per heavy atom. The average Bonchev–Trinajstić information content (AvgIpc) is 3.07. The number of aromatic nitrogens is 3. The van der Waals surface area contributed by atoms with E-state index in [0.717, 1.165) is 5.56 Å². The van der Waals surface area contributed by atoms with Gasteiger partial charge in [-0.1, -0.05) is 6.07 Å².